The fourth-order valence-electron chi connectivity index (χ4n) is 5.85. The van der Waals surface area contributed by atoms with E-state index < -0.39 is 32.5 Å². The summed E-state index contributed by atoms with van der Waals surface area (Å²) in [7, 11) is 1.16. The van der Waals surface area contributed by atoms with Gasteiger partial charge in [0, 0.05) is 12.8 Å². The lowest BCUT2D eigenvalue weighted by atomic mass is 10.1. The van der Waals surface area contributed by atoms with Crippen molar-refractivity contribution in [2.75, 3.05) is 47.5 Å². The Morgan fingerprint density at radius 3 is 1.45 bits per heavy atom. The zero-order valence-corrected chi connectivity index (χ0v) is 37.0. The Morgan fingerprint density at radius 2 is 0.982 bits per heavy atom. The molecule has 0 heterocycles. The molecular formula is C45H84NO8P. The summed E-state index contributed by atoms with van der Waals surface area (Å²) in [4.78, 5) is 37.5. The molecule has 0 aromatic carbocycles. The molecule has 322 valence electrons. The minimum Gasteiger partial charge on any atom is -0.756 e. The summed E-state index contributed by atoms with van der Waals surface area (Å²) >= 11 is 0. The van der Waals surface area contributed by atoms with Crippen LogP contribution in [0, 0.1) is 0 Å². The standard InChI is InChI=1S/C45H84NO8P/c1-6-8-10-12-14-16-18-20-21-22-23-24-25-26-28-30-32-34-36-38-45(48)54-43(42-53-55(49,50)52-40-39-46(3,4)5)41-51-44(47)37-35-33-31-29-27-19-17-15-13-11-9-7-2/h14-17,20-21,43H,6-13,18-19,22-42H2,1-5H3/b16-14-,17-15-,21-20-/t43-/m1/s1. The quantitative estimate of drug-likeness (QED) is 0.0198. The molecule has 0 aliphatic carbocycles. The Labute approximate surface area is 338 Å². The molecule has 0 N–H and O–H groups in total. The third kappa shape index (κ3) is 41.7. The van der Waals surface area contributed by atoms with E-state index in [4.69, 9.17) is 18.5 Å². The van der Waals surface area contributed by atoms with Gasteiger partial charge in [0.25, 0.3) is 7.82 Å². The van der Waals surface area contributed by atoms with Crippen LogP contribution in [0.4, 0.5) is 0 Å². The lowest BCUT2D eigenvalue weighted by Crippen LogP contribution is -2.37. The molecule has 2 atom stereocenters. The van der Waals surface area contributed by atoms with Crippen LogP contribution in [0.2, 0.25) is 0 Å². The molecule has 0 bridgehead atoms. The van der Waals surface area contributed by atoms with Gasteiger partial charge in [-0.1, -0.05) is 140 Å². The first-order valence-corrected chi connectivity index (χ1v) is 23.7. The third-order valence-electron chi connectivity index (χ3n) is 9.38. The van der Waals surface area contributed by atoms with Crippen LogP contribution < -0.4 is 4.89 Å². The molecule has 1 unspecified atom stereocenters. The Balaban J connectivity index is 4.34. The van der Waals surface area contributed by atoms with Crippen molar-refractivity contribution < 1.29 is 42.1 Å². The van der Waals surface area contributed by atoms with E-state index in [2.05, 4.69) is 50.3 Å². The van der Waals surface area contributed by atoms with Crippen molar-refractivity contribution in [1.29, 1.82) is 0 Å². The SMILES string of the molecule is CCCCC/C=C\C/C=C\CCCCCCCCCCCC(=O)O[C@H](COC(=O)CCCCCCC/C=C\CCCCC)COP(=O)([O-])OCC[N+](C)(C)C. The van der Waals surface area contributed by atoms with Crippen LogP contribution in [0.3, 0.4) is 0 Å². The molecule has 0 saturated carbocycles. The normalized spacial score (nSPS) is 13.9. The molecular weight excluding hydrogens is 713 g/mol. The van der Waals surface area contributed by atoms with Crippen molar-refractivity contribution in [2.24, 2.45) is 0 Å². The number of esters is 2. The van der Waals surface area contributed by atoms with E-state index >= 15 is 0 Å². The average Bonchev–Trinajstić information content (AvgIpc) is 3.13. The lowest BCUT2D eigenvalue weighted by molar-refractivity contribution is -0.870. The lowest BCUT2D eigenvalue weighted by Gasteiger charge is -2.28. The van der Waals surface area contributed by atoms with Gasteiger partial charge in [-0.3, -0.25) is 14.2 Å². The number of quaternary nitrogens is 1. The highest BCUT2D eigenvalue weighted by molar-refractivity contribution is 7.45. The number of allylic oxidation sites excluding steroid dienone is 6. The number of nitrogens with zero attached hydrogens (tertiary/aromatic N) is 1. The number of phosphoric ester groups is 1. The Hall–Kier alpha value is -1.77. The second kappa shape index (κ2) is 37.8. The monoisotopic (exact) mass is 798 g/mol. The molecule has 10 heteroatoms. The van der Waals surface area contributed by atoms with Crippen LogP contribution in [0.5, 0.6) is 0 Å². The number of carbonyl (C=O) groups excluding carboxylic acids is 2. The fourth-order valence-corrected chi connectivity index (χ4v) is 6.58. The van der Waals surface area contributed by atoms with Crippen molar-refractivity contribution in [1.82, 2.24) is 0 Å². The number of phosphoric acid groups is 1. The van der Waals surface area contributed by atoms with E-state index in [1.807, 2.05) is 21.1 Å². The number of carbonyl (C=O) groups is 2. The predicted molar refractivity (Wildman–Crippen MR) is 227 cm³/mol. The number of likely N-dealkylation sites (N-methyl/N-ethyl adjacent to an activating group) is 1. The second-order valence-corrected chi connectivity index (χ2v) is 17.5. The van der Waals surface area contributed by atoms with Gasteiger partial charge in [0.2, 0.25) is 0 Å². The summed E-state index contributed by atoms with van der Waals surface area (Å²) in [6, 6.07) is 0. The van der Waals surface area contributed by atoms with Crippen molar-refractivity contribution in [3.63, 3.8) is 0 Å². The molecule has 0 rings (SSSR count). The van der Waals surface area contributed by atoms with Crippen LogP contribution in [-0.4, -0.2) is 70.0 Å². The summed E-state index contributed by atoms with van der Waals surface area (Å²) in [5.41, 5.74) is 0. The van der Waals surface area contributed by atoms with E-state index in [0.29, 0.717) is 17.4 Å². The highest BCUT2D eigenvalue weighted by Crippen LogP contribution is 2.38. The minimum absolute atomic E-state index is 0.0331. The smallest absolute Gasteiger partial charge is 0.306 e. The molecule has 0 aliphatic rings. The molecule has 0 amide bonds. The maximum atomic E-state index is 12.7. The van der Waals surface area contributed by atoms with Crippen LogP contribution in [0.25, 0.3) is 0 Å². The van der Waals surface area contributed by atoms with Gasteiger partial charge in [-0.05, 0) is 70.6 Å². The maximum absolute atomic E-state index is 12.7. The average molecular weight is 798 g/mol. The number of hydrogen-bond acceptors (Lipinski definition) is 8. The van der Waals surface area contributed by atoms with Crippen molar-refractivity contribution >= 4 is 19.8 Å². The van der Waals surface area contributed by atoms with Crippen molar-refractivity contribution in [2.45, 2.75) is 193 Å². The first kappa shape index (κ1) is 53.2. The number of hydrogen-bond donors (Lipinski definition) is 0. The van der Waals surface area contributed by atoms with Gasteiger partial charge in [-0.2, -0.15) is 0 Å². The Bertz CT molecular complexity index is 1040. The zero-order valence-electron chi connectivity index (χ0n) is 36.1. The van der Waals surface area contributed by atoms with E-state index in [-0.39, 0.29) is 26.1 Å². The second-order valence-electron chi connectivity index (χ2n) is 16.1. The highest BCUT2D eigenvalue weighted by atomic mass is 31.2. The van der Waals surface area contributed by atoms with Crippen LogP contribution in [0.15, 0.2) is 36.5 Å². The molecule has 0 fully saturated rings. The van der Waals surface area contributed by atoms with Gasteiger partial charge in [-0.15, -0.1) is 0 Å². The van der Waals surface area contributed by atoms with Crippen LogP contribution >= 0.6 is 7.82 Å². The molecule has 0 aromatic heterocycles. The van der Waals surface area contributed by atoms with Crippen molar-refractivity contribution in [3.8, 4) is 0 Å². The third-order valence-corrected chi connectivity index (χ3v) is 10.3. The molecule has 0 spiro atoms. The summed E-state index contributed by atoms with van der Waals surface area (Å²) in [5, 5.41) is 0. The van der Waals surface area contributed by atoms with Crippen LogP contribution in [0.1, 0.15) is 187 Å². The van der Waals surface area contributed by atoms with Gasteiger partial charge in [0.05, 0.1) is 27.7 Å². The maximum Gasteiger partial charge on any atom is 0.306 e. The summed E-state index contributed by atoms with van der Waals surface area (Å²) < 4.78 is 33.9. The van der Waals surface area contributed by atoms with Crippen LogP contribution in [-0.2, 0) is 32.7 Å². The van der Waals surface area contributed by atoms with Gasteiger partial charge < -0.3 is 27.9 Å². The Kier molecular flexibility index (Phi) is 36.6. The molecule has 0 radical (unpaired) electrons. The minimum atomic E-state index is -4.62. The van der Waals surface area contributed by atoms with Gasteiger partial charge in [-0.25, -0.2) is 0 Å². The molecule has 55 heavy (non-hydrogen) atoms. The number of ether oxygens (including phenoxy) is 2. The molecule has 0 aliphatic heterocycles. The van der Waals surface area contributed by atoms with Crippen molar-refractivity contribution in [3.05, 3.63) is 36.5 Å². The Morgan fingerprint density at radius 1 is 0.564 bits per heavy atom. The topological polar surface area (TPSA) is 111 Å². The van der Waals surface area contributed by atoms with Gasteiger partial charge in [0.15, 0.2) is 6.10 Å². The first-order valence-electron chi connectivity index (χ1n) is 22.2. The largest absolute Gasteiger partial charge is 0.756 e. The summed E-state index contributed by atoms with van der Waals surface area (Å²) in [6.07, 6.45) is 41.6. The number of rotatable bonds is 40. The van der Waals surface area contributed by atoms with E-state index in [1.54, 1.807) is 0 Å². The molecule has 0 saturated heterocycles. The molecule has 9 nitrogen and oxygen atoms in total. The summed E-state index contributed by atoms with van der Waals surface area (Å²) in [5.74, 6) is -0.849. The number of unbranched alkanes of at least 4 members (excludes halogenated alkanes) is 20. The van der Waals surface area contributed by atoms with E-state index in [1.165, 1.54) is 83.5 Å². The highest BCUT2D eigenvalue weighted by Gasteiger charge is 2.21. The van der Waals surface area contributed by atoms with Gasteiger partial charge >= 0.3 is 11.9 Å². The zero-order chi connectivity index (χ0) is 40.7. The fraction of sp³-hybridized carbons (Fsp3) is 0.822. The van der Waals surface area contributed by atoms with E-state index in [0.717, 1.165) is 70.6 Å². The van der Waals surface area contributed by atoms with E-state index in [9.17, 15) is 19.0 Å². The van der Waals surface area contributed by atoms with Gasteiger partial charge in [0.1, 0.15) is 19.8 Å². The molecule has 0 aromatic rings. The summed E-state index contributed by atoms with van der Waals surface area (Å²) in [6.45, 7) is 4.16. The predicted octanol–water partition coefficient (Wildman–Crippen LogP) is 11.9. The first-order chi connectivity index (χ1) is 26.5.